The van der Waals surface area contributed by atoms with Crippen LogP contribution in [0.3, 0.4) is 0 Å². The molecule has 19 heavy (non-hydrogen) atoms. The molecular weight excluding hydrogens is 330 g/mol. The van der Waals surface area contributed by atoms with Gasteiger partial charge in [-0.1, -0.05) is 15.9 Å². The van der Waals surface area contributed by atoms with Crippen LogP contribution in [0, 0.1) is 4.77 Å². The molecule has 1 aromatic heterocycles. The van der Waals surface area contributed by atoms with Crippen molar-refractivity contribution in [1.82, 2.24) is 14.9 Å². The number of imidazole rings is 1. The van der Waals surface area contributed by atoms with Gasteiger partial charge in [-0.25, -0.2) is 0 Å². The Bertz CT molecular complexity index is 650. The lowest BCUT2D eigenvalue weighted by molar-refractivity contribution is -0.121. The minimum atomic E-state index is -0.0861. The lowest BCUT2D eigenvalue weighted by atomic mass is 10.3. The minimum absolute atomic E-state index is 0.0861. The average Bonchev–Trinajstić information content (AvgIpc) is 2.65. The van der Waals surface area contributed by atoms with E-state index in [-0.39, 0.29) is 12.5 Å². The molecule has 0 saturated heterocycles. The van der Waals surface area contributed by atoms with Crippen LogP contribution in [-0.4, -0.2) is 35.7 Å². The Morgan fingerprint density at radius 1 is 1.58 bits per heavy atom. The highest BCUT2D eigenvalue weighted by Gasteiger charge is 2.08. The van der Waals surface area contributed by atoms with E-state index in [2.05, 4.69) is 26.2 Å². The normalized spacial score (nSPS) is 10.8. The van der Waals surface area contributed by atoms with Crippen LogP contribution in [0.15, 0.2) is 22.7 Å². The van der Waals surface area contributed by atoms with Crippen molar-refractivity contribution in [3.05, 3.63) is 27.4 Å². The molecule has 5 nitrogen and oxygen atoms in total. The minimum Gasteiger partial charge on any atom is -0.383 e. The Kier molecular flexibility index (Phi) is 4.73. The summed E-state index contributed by atoms with van der Waals surface area (Å²) in [5, 5.41) is 2.77. The van der Waals surface area contributed by atoms with Crippen molar-refractivity contribution < 1.29 is 9.53 Å². The van der Waals surface area contributed by atoms with Gasteiger partial charge in [0.05, 0.1) is 17.6 Å². The molecule has 102 valence electrons. The highest BCUT2D eigenvalue weighted by atomic mass is 79.9. The smallest absolute Gasteiger partial charge is 0.240 e. The molecule has 2 rings (SSSR count). The highest BCUT2D eigenvalue weighted by molar-refractivity contribution is 9.10. The number of carbonyl (C=O) groups excluding carboxylic acids is 1. The maximum atomic E-state index is 11.8. The Morgan fingerprint density at radius 2 is 2.37 bits per heavy atom. The molecule has 1 heterocycles. The number of hydrogen-bond acceptors (Lipinski definition) is 3. The van der Waals surface area contributed by atoms with Gasteiger partial charge in [0.2, 0.25) is 5.91 Å². The molecule has 1 amide bonds. The monoisotopic (exact) mass is 343 g/mol. The summed E-state index contributed by atoms with van der Waals surface area (Å²) >= 11 is 8.64. The Hall–Kier alpha value is -1.18. The van der Waals surface area contributed by atoms with Crippen LogP contribution in [0.5, 0.6) is 0 Å². The van der Waals surface area contributed by atoms with Gasteiger partial charge in [-0.15, -0.1) is 0 Å². The zero-order chi connectivity index (χ0) is 13.8. The maximum Gasteiger partial charge on any atom is 0.240 e. The number of halogens is 1. The summed E-state index contributed by atoms with van der Waals surface area (Å²) in [5.41, 5.74) is 1.82. The summed E-state index contributed by atoms with van der Waals surface area (Å²) in [6.07, 6.45) is 0. The van der Waals surface area contributed by atoms with E-state index in [1.807, 2.05) is 18.2 Å². The third-order valence-electron chi connectivity index (χ3n) is 2.67. The molecule has 1 aromatic carbocycles. The first-order valence-corrected chi connectivity index (χ1v) is 6.95. The number of benzene rings is 1. The standard InChI is InChI=1S/C12H14BrN3O2S/c1-18-5-4-14-11(17)7-16-10-3-2-8(13)6-9(10)15-12(16)19/h2-3,6H,4-5,7H2,1H3,(H,14,17)(H,15,19). The third kappa shape index (κ3) is 3.43. The van der Waals surface area contributed by atoms with Crippen LogP contribution in [0.4, 0.5) is 0 Å². The summed E-state index contributed by atoms with van der Waals surface area (Å²) in [4.78, 5) is 14.9. The molecule has 0 radical (unpaired) electrons. The number of amides is 1. The Labute approximate surface area is 124 Å². The summed E-state index contributed by atoms with van der Waals surface area (Å²) < 4.78 is 8.16. The van der Waals surface area contributed by atoms with E-state index in [1.165, 1.54) is 0 Å². The van der Waals surface area contributed by atoms with E-state index in [0.29, 0.717) is 17.9 Å². The molecule has 0 unspecified atom stereocenters. The van der Waals surface area contributed by atoms with Gasteiger partial charge >= 0.3 is 0 Å². The first-order valence-electron chi connectivity index (χ1n) is 5.75. The van der Waals surface area contributed by atoms with E-state index in [9.17, 15) is 4.79 Å². The SMILES string of the molecule is COCCNC(=O)Cn1c(=S)[nH]c2cc(Br)ccc21. The number of nitrogens with one attached hydrogen (secondary N) is 2. The van der Waals surface area contributed by atoms with E-state index < -0.39 is 0 Å². The molecule has 0 fully saturated rings. The average molecular weight is 344 g/mol. The summed E-state index contributed by atoms with van der Waals surface area (Å²) in [7, 11) is 1.60. The first kappa shape index (κ1) is 14.2. The van der Waals surface area contributed by atoms with Crippen molar-refractivity contribution in [3.63, 3.8) is 0 Å². The number of H-pyrrole nitrogens is 1. The lowest BCUT2D eigenvalue weighted by Crippen LogP contribution is -2.30. The Balaban J connectivity index is 2.18. The molecule has 0 spiro atoms. The molecule has 7 heteroatoms. The summed E-state index contributed by atoms with van der Waals surface area (Å²) in [6, 6.07) is 5.78. The molecule has 0 atom stereocenters. The maximum absolute atomic E-state index is 11.8. The molecule has 2 aromatic rings. The van der Waals surface area contributed by atoms with Crippen LogP contribution in [0.1, 0.15) is 0 Å². The van der Waals surface area contributed by atoms with Gasteiger partial charge in [-0.3, -0.25) is 4.79 Å². The largest absolute Gasteiger partial charge is 0.383 e. The number of nitrogens with zero attached hydrogens (tertiary/aromatic N) is 1. The van der Waals surface area contributed by atoms with Crippen LogP contribution in [0.2, 0.25) is 0 Å². The second kappa shape index (κ2) is 6.31. The zero-order valence-corrected chi connectivity index (χ0v) is 12.8. The van der Waals surface area contributed by atoms with E-state index in [0.717, 1.165) is 15.5 Å². The number of ether oxygens (including phenoxy) is 1. The van der Waals surface area contributed by atoms with E-state index in [4.69, 9.17) is 17.0 Å². The second-order valence-corrected chi connectivity index (χ2v) is 5.32. The van der Waals surface area contributed by atoms with Crippen LogP contribution in [0.25, 0.3) is 11.0 Å². The van der Waals surface area contributed by atoms with Crippen LogP contribution < -0.4 is 5.32 Å². The van der Waals surface area contributed by atoms with Crippen molar-refractivity contribution in [1.29, 1.82) is 0 Å². The fourth-order valence-corrected chi connectivity index (χ4v) is 2.42. The molecule has 0 aliphatic heterocycles. The van der Waals surface area contributed by atoms with Crippen molar-refractivity contribution in [2.45, 2.75) is 6.54 Å². The summed E-state index contributed by atoms with van der Waals surface area (Å²) in [5.74, 6) is -0.0861. The first-order chi connectivity index (χ1) is 9.11. The van der Waals surface area contributed by atoms with Crippen LogP contribution >= 0.6 is 28.1 Å². The number of fused-ring (bicyclic) bond motifs is 1. The molecule has 0 saturated carbocycles. The predicted molar refractivity (Wildman–Crippen MR) is 79.7 cm³/mol. The number of aromatic nitrogens is 2. The fourth-order valence-electron chi connectivity index (χ4n) is 1.78. The van der Waals surface area contributed by atoms with Crippen LogP contribution in [-0.2, 0) is 16.1 Å². The number of hydrogen-bond donors (Lipinski definition) is 2. The van der Waals surface area contributed by atoms with Crippen molar-refractivity contribution in [2.24, 2.45) is 0 Å². The molecular formula is C12H14BrN3O2S. The van der Waals surface area contributed by atoms with Gasteiger partial charge in [-0.2, -0.15) is 0 Å². The van der Waals surface area contributed by atoms with Gasteiger partial charge in [0.15, 0.2) is 4.77 Å². The van der Waals surface area contributed by atoms with Crippen molar-refractivity contribution >= 4 is 45.1 Å². The molecule has 0 bridgehead atoms. The van der Waals surface area contributed by atoms with Gasteiger partial charge in [0.25, 0.3) is 0 Å². The third-order valence-corrected chi connectivity index (χ3v) is 3.48. The molecule has 0 aliphatic rings. The van der Waals surface area contributed by atoms with E-state index >= 15 is 0 Å². The number of methoxy groups -OCH3 is 1. The molecule has 2 N–H and O–H groups in total. The fraction of sp³-hybridized carbons (Fsp3) is 0.333. The van der Waals surface area contributed by atoms with Gasteiger partial charge in [0.1, 0.15) is 6.54 Å². The van der Waals surface area contributed by atoms with Gasteiger partial charge in [-0.05, 0) is 30.4 Å². The Morgan fingerprint density at radius 3 is 3.11 bits per heavy atom. The zero-order valence-electron chi connectivity index (χ0n) is 10.4. The highest BCUT2D eigenvalue weighted by Crippen LogP contribution is 2.19. The quantitative estimate of drug-likeness (QED) is 0.646. The molecule has 0 aliphatic carbocycles. The van der Waals surface area contributed by atoms with Crippen molar-refractivity contribution in [2.75, 3.05) is 20.3 Å². The predicted octanol–water partition coefficient (Wildman–Crippen LogP) is 2.22. The summed E-state index contributed by atoms with van der Waals surface area (Å²) in [6.45, 7) is 1.19. The van der Waals surface area contributed by atoms with E-state index in [1.54, 1.807) is 11.7 Å². The van der Waals surface area contributed by atoms with Gasteiger partial charge in [0, 0.05) is 18.1 Å². The topological polar surface area (TPSA) is 59.0 Å². The number of carbonyl (C=O) groups is 1. The van der Waals surface area contributed by atoms with Gasteiger partial charge < -0.3 is 19.6 Å². The second-order valence-electron chi connectivity index (χ2n) is 4.02. The number of aromatic amines is 1. The number of rotatable bonds is 5. The lowest BCUT2D eigenvalue weighted by Gasteiger charge is -2.06. The van der Waals surface area contributed by atoms with Crippen molar-refractivity contribution in [3.8, 4) is 0 Å².